The molecule has 0 fully saturated rings. The molecule has 0 bridgehead atoms. The minimum Gasteiger partial charge on any atom is -0.507 e. The summed E-state index contributed by atoms with van der Waals surface area (Å²) in [4.78, 5) is 37.7. The summed E-state index contributed by atoms with van der Waals surface area (Å²) < 4.78 is 5.53. The molecule has 0 spiro atoms. The van der Waals surface area contributed by atoms with Crippen molar-refractivity contribution in [3.05, 3.63) is 46.6 Å². The van der Waals surface area contributed by atoms with E-state index in [2.05, 4.69) is 0 Å². The van der Waals surface area contributed by atoms with Crippen molar-refractivity contribution in [1.82, 2.24) is 0 Å². The summed E-state index contributed by atoms with van der Waals surface area (Å²) in [6, 6.07) is 2.31. The second kappa shape index (κ2) is 8.20. The van der Waals surface area contributed by atoms with E-state index < -0.39 is 29.4 Å². The van der Waals surface area contributed by atoms with Gasteiger partial charge in [0.05, 0.1) is 17.0 Å². The molecule has 0 radical (unpaired) electrons. The van der Waals surface area contributed by atoms with E-state index in [1.807, 2.05) is 26.8 Å². The van der Waals surface area contributed by atoms with Crippen LogP contribution in [0.5, 0.6) is 11.5 Å². The number of fused-ring (bicyclic) bond motifs is 1. The van der Waals surface area contributed by atoms with Gasteiger partial charge < -0.3 is 14.9 Å². The first kappa shape index (κ1) is 20.4. The van der Waals surface area contributed by atoms with Crippen LogP contribution < -0.4 is 0 Å². The highest BCUT2D eigenvalue weighted by atomic mass is 16.5. The Kier molecular flexibility index (Phi) is 6.20. The van der Waals surface area contributed by atoms with Crippen LogP contribution in [0.4, 0.5) is 0 Å². The van der Waals surface area contributed by atoms with Crippen LogP contribution in [0.1, 0.15) is 61.3 Å². The highest BCUT2D eigenvalue weighted by Crippen LogP contribution is 2.36. The Bertz CT molecular complexity index is 842. The summed E-state index contributed by atoms with van der Waals surface area (Å²) in [5.74, 6) is -2.84. The maximum Gasteiger partial charge on any atom is 0.309 e. The number of benzene rings is 1. The first-order chi connectivity index (χ1) is 12.7. The summed E-state index contributed by atoms with van der Waals surface area (Å²) in [6.07, 6.45) is 2.75. The zero-order valence-corrected chi connectivity index (χ0v) is 15.9. The number of hydrogen-bond donors (Lipinski definition) is 2. The predicted octanol–water partition coefficient (Wildman–Crippen LogP) is 3.72. The van der Waals surface area contributed by atoms with Crippen LogP contribution in [0.25, 0.3) is 0 Å². The number of hydrogen-bond acceptors (Lipinski definition) is 6. The Morgan fingerprint density at radius 2 is 1.74 bits per heavy atom. The summed E-state index contributed by atoms with van der Waals surface area (Å²) in [7, 11) is 0. The molecule has 0 saturated carbocycles. The lowest BCUT2D eigenvalue weighted by Crippen LogP contribution is -2.30. The standard InChI is InChI=1S/C21H24O6/c1-5-12(4)21(26)27-17(9-6-11(2)3)13-10-16(24)18-14(22)7-8-15(23)19(18)20(13)25/h6-8,10,12,17,22-23H,5,9H2,1-4H3/t12-,17-/m0/s1. The van der Waals surface area contributed by atoms with Crippen LogP contribution >= 0.6 is 0 Å². The zero-order valence-electron chi connectivity index (χ0n) is 15.9. The van der Waals surface area contributed by atoms with Gasteiger partial charge in [-0.15, -0.1) is 0 Å². The van der Waals surface area contributed by atoms with Crippen molar-refractivity contribution in [1.29, 1.82) is 0 Å². The minimum absolute atomic E-state index is 0.0115. The molecule has 1 aromatic carbocycles. The van der Waals surface area contributed by atoms with Crippen LogP contribution in [0, 0.1) is 5.92 Å². The van der Waals surface area contributed by atoms with Gasteiger partial charge in [0.2, 0.25) is 0 Å². The van der Waals surface area contributed by atoms with Crippen molar-refractivity contribution in [2.45, 2.75) is 46.6 Å². The van der Waals surface area contributed by atoms with Gasteiger partial charge in [-0.3, -0.25) is 14.4 Å². The molecule has 1 aliphatic rings. The summed E-state index contributed by atoms with van der Waals surface area (Å²) >= 11 is 0. The van der Waals surface area contributed by atoms with Crippen molar-refractivity contribution in [3.63, 3.8) is 0 Å². The third kappa shape index (κ3) is 4.27. The average Bonchev–Trinajstić information content (AvgIpc) is 2.62. The molecule has 0 unspecified atom stereocenters. The van der Waals surface area contributed by atoms with Crippen molar-refractivity contribution in [3.8, 4) is 11.5 Å². The van der Waals surface area contributed by atoms with Gasteiger partial charge >= 0.3 is 5.97 Å². The number of ether oxygens (including phenoxy) is 1. The Morgan fingerprint density at radius 1 is 1.15 bits per heavy atom. The van der Waals surface area contributed by atoms with E-state index in [1.54, 1.807) is 6.92 Å². The smallest absolute Gasteiger partial charge is 0.309 e. The van der Waals surface area contributed by atoms with Gasteiger partial charge in [-0.25, -0.2) is 0 Å². The van der Waals surface area contributed by atoms with Gasteiger partial charge in [-0.1, -0.05) is 25.5 Å². The molecule has 2 rings (SSSR count). The number of phenolic OH excluding ortho intramolecular Hbond substituents is 2. The molecule has 0 heterocycles. The fourth-order valence-electron chi connectivity index (χ4n) is 2.73. The average molecular weight is 372 g/mol. The monoisotopic (exact) mass is 372 g/mol. The van der Waals surface area contributed by atoms with Crippen LogP contribution in [0.2, 0.25) is 0 Å². The molecule has 0 saturated heterocycles. The van der Waals surface area contributed by atoms with Gasteiger partial charge in [-0.05, 0) is 38.5 Å². The molecular formula is C21H24O6. The topological polar surface area (TPSA) is 101 Å². The lowest BCUT2D eigenvalue weighted by atomic mass is 9.85. The molecule has 27 heavy (non-hydrogen) atoms. The number of Topliss-reactive ketones (excluding diaryl/α,β-unsaturated/α-hetero) is 1. The summed E-state index contributed by atoms with van der Waals surface area (Å²) in [5.41, 5.74) is 0.454. The van der Waals surface area contributed by atoms with E-state index in [0.29, 0.717) is 6.42 Å². The predicted molar refractivity (Wildman–Crippen MR) is 99.9 cm³/mol. The van der Waals surface area contributed by atoms with Gasteiger partial charge in [-0.2, -0.15) is 0 Å². The van der Waals surface area contributed by atoms with E-state index in [-0.39, 0.29) is 34.8 Å². The molecule has 144 valence electrons. The van der Waals surface area contributed by atoms with Crippen LogP contribution in [0.3, 0.4) is 0 Å². The van der Waals surface area contributed by atoms with E-state index >= 15 is 0 Å². The molecule has 6 nitrogen and oxygen atoms in total. The summed E-state index contributed by atoms with van der Waals surface area (Å²) in [5, 5.41) is 20.0. The van der Waals surface area contributed by atoms with Gasteiger partial charge in [0.15, 0.2) is 11.6 Å². The van der Waals surface area contributed by atoms with Gasteiger partial charge in [0.25, 0.3) is 0 Å². The van der Waals surface area contributed by atoms with Crippen molar-refractivity contribution in [2.75, 3.05) is 0 Å². The second-order valence-corrected chi connectivity index (χ2v) is 6.90. The molecule has 0 amide bonds. The molecule has 1 aromatic rings. The Hall–Kier alpha value is -2.89. The number of ketones is 2. The highest BCUT2D eigenvalue weighted by molar-refractivity contribution is 6.27. The number of aromatic hydroxyl groups is 2. The molecule has 0 aliphatic heterocycles. The van der Waals surface area contributed by atoms with Gasteiger partial charge in [0.1, 0.15) is 17.6 Å². The Balaban J connectivity index is 2.48. The number of rotatable bonds is 6. The zero-order chi connectivity index (χ0) is 20.3. The number of carbonyl (C=O) groups excluding carboxylic acids is 3. The van der Waals surface area contributed by atoms with Crippen molar-refractivity contribution < 1.29 is 29.3 Å². The number of allylic oxidation sites excluding steroid dienone is 2. The fraction of sp³-hybridized carbons (Fsp3) is 0.381. The van der Waals surface area contributed by atoms with E-state index in [9.17, 15) is 24.6 Å². The lowest BCUT2D eigenvalue weighted by Gasteiger charge is -2.24. The minimum atomic E-state index is -0.951. The van der Waals surface area contributed by atoms with Crippen LogP contribution in [0.15, 0.2) is 35.4 Å². The molecule has 2 atom stereocenters. The summed E-state index contributed by atoms with van der Waals surface area (Å²) in [6.45, 7) is 7.31. The number of esters is 1. The molecule has 2 N–H and O–H groups in total. The maximum atomic E-state index is 12.9. The molecule has 6 heteroatoms. The largest absolute Gasteiger partial charge is 0.507 e. The van der Waals surface area contributed by atoms with E-state index in [1.165, 1.54) is 0 Å². The lowest BCUT2D eigenvalue weighted by molar-refractivity contribution is -0.151. The van der Waals surface area contributed by atoms with Crippen LogP contribution in [-0.2, 0) is 9.53 Å². The Morgan fingerprint density at radius 3 is 2.30 bits per heavy atom. The fourth-order valence-corrected chi connectivity index (χ4v) is 2.73. The Labute approximate surface area is 158 Å². The SMILES string of the molecule is CC[C@H](C)C(=O)O[C@@H](CC=C(C)C)C1=CC(=O)c2c(O)ccc(O)c2C1=O. The third-order valence-electron chi connectivity index (χ3n) is 4.54. The third-order valence-corrected chi connectivity index (χ3v) is 4.54. The first-order valence-corrected chi connectivity index (χ1v) is 8.86. The molecular weight excluding hydrogens is 348 g/mol. The quantitative estimate of drug-likeness (QED) is 0.448. The maximum absolute atomic E-state index is 12.9. The van der Waals surface area contributed by atoms with Crippen molar-refractivity contribution in [2.24, 2.45) is 5.92 Å². The van der Waals surface area contributed by atoms with E-state index in [0.717, 1.165) is 23.8 Å². The normalized spacial score (nSPS) is 15.5. The van der Waals surface area contributed by atoms with Crippen molar-refractivity contribution >= 4 is 17.5 Å². The first-order valence-electron chi connectivity index (χ1n) is 8.86. The molecule has 1 aliphatic carbocycles. The second-order valence-electron chi connectivity index (χ2n) is 6.90. The van der Waals surface area contributed by atoms with Gasteiger partial charge in [0, 0.05) is 12.0 Å². The van der Waals surface area contributed by atoms with Crippen LogP contribution in [-0.4, -0.2) is 33.9 Å². The highest BCUT2D eigenvalue weighted by Gasteiger charge is 2.36. The number of carbonyl (C=O) groups is 3. The van der Waals surface area contributed by atoms with E-state index in [4.69, 9.17) is 4.74 Å². The number of phenols is 2. The molecule has 0 aromatic heterocycles.